The van der Waals surface area contributed by atoms with Gasteiger partial charge in [0, 0.05) is 22.9 Å². The van der Waals surface area contributed by atoms with Crippen molar-refractivity contribution in [3.63, 3.8) is 0 Å². The summed E-state index contributed by atoms with van der Waals surface area (Å²) < 4.78 is 58.3. The Labute approximate surface area is 243 Å². The largest absolute Gasteiger partial charge is 0.510 e. The molecule has 42 heavy (non-hydrogen) atoms. The van der Waals surface area contributed by atoms with Crippen LogP contribution in [0.25, 0.3) is 0 Å². The molecule has 13 heteroatoms. The van der Waals surface area contributed by atoms with Gasteiger partial charge in [0.15, 0.2) is 5.69 Å². The minimum absolute atomic E-state index is 0.418. The van der Waals surface area contributed by atoms with E-state index in [0.29, 0.717) is 10.7 Å². The zero-order chi connectivity index (χ0) is 30.3. The number of ether oxygens (including phenoxy) is 3. The van der Waals surface area contributed by atoms with Crippen molar-refractivity contribution in [3.05, 3.63) is 92.4 Å². The third-order valence-electron chi connectivity index (χ3n) is 7.50. The number of fused-ring (bicyclic) bond motifs is 3. The van der Waals surface area contributed by atoms with Crippen molar-refractivity contribution < 1.29 is 37.0 Å². The van der Waals surface area contributed by atoms with Crippen molar-refractivity contribution >= 4 is 23.8 Å². The lowest BCUT2D eigenvalue weighted by Gasteiger charge is -2.46. The van der Waals surface area contributed by atoms with Gasteiger partial charge in [-0.15, -0.1) is 11.8 Å². The van der Waals surface area contributed by atoms with E-state index in [9.17, 15) is 27.6 Å². The highest BCUT2D eigenvalue weighted by Crippen LogP contribution is 2.45. The molecule has 0 saturated carbocycles. The molecule has 2 aromatic carbocycles. The molecule has 0 unspecified atom stereocenters. The van der Waals surface area contributed by atoms with Crippen LogP contribution in [0.15, 0.2) is 58.4 Å². The monoisotopic (exact) mass is 603 g/mol. The zero-order valence-corrected chi connectivity index (χ0v) is 24.0. The van der Waals surface area contributed by atoms with Gasteiger partial charge in [-0.05, 0) is 48.6 Å². The first-order valence-electron chi connectivity index (χ1n) is 13.0. The molecular formula is C29H28F3N3O6S. The maximum atomic E-state index is 14.1. The second-order valence-electron chi connectivity index (χ2n) is 9.96. The van der Waals surface area contributed by atoms with Gasteiger partial charge in [-0.2, -0.15) is 13.2 Å². The molecule has 0 spiro atoms. The molecule has 0 aliphatic carbocycles. The summed E-state index contributed by atoms with van der Waals surface area (Å²) in [4.78, 5) is 39.8. The van der Waals surface area contributed by atoms with Gasteiger partial charge < -0.3 is 19.1 Å². The molecule has 2 atom stereocenters. The van der Waals surface area contributed by atoms with Crippen molar-refractivity contribution in [3.8, 4) is 5.75 Å². The maximum absolute atomic E-state index is 14.1. The van der Waals surface area contributed by atoms with Crippen LogP contribution in [0.3, 0.4) is 0 Å². The van der Waals surface area contributed by atoms with E-state index in [1.165, 1.54) is 10.9 Å². The van der Waals surface area contributed by atoms with E-state index in [0.717, 1.165) is 52.8 Å². The minimum atomic E-state index is -4.75. The molecule has 0 fully saturated rings. The van der Waals surface area contributed by atoms with Crippen LogP contribution in [-0.4, -0.2) is 54.4 Å². The first kappa shape index (κ1) is 29.4. The molecule has 1 amide bonds. The lowest BCUT2D eigenvalue weighted by molar-refractivity contribution is -0.173. The molecular weight excluding hydrogens is 575 g/mol. The van der Waals surface area contributed by atoms with Gasteiger partial charge in [0.25, 0.3) is 5.91 Å². The standard InChI is InChI=1S/C29H28F3N3O6S/c1-16-7-5-9-19-21(16)13-42-26-17(2)8-6-10-20(26)23(19)35-14-33(18(3)29(30,31)32)27(37)24-25(22(36)11-12-34(24)35)40-15-41-28(38)39-4/h5-12,18,23H,13-15H2,1-4H3/t18-,23+/m1/s1. The number of nitrogens with zero attached hydrogens (tertiary/aromatic N) is 3. The number of carbonyl (C=O) groups excluding carboxylic acids is 2. The van der Waals surface area contributed by atoms with E-state index in [2.05, 4.69) is 4.74 Å². The van der Waals surface area contributed by atoms with E-state index in [1.54, 1.807) is 16.8 Å². The molecule has 2 aliphatic heterocycles. The number of alkyl halides is 3. The average Bonchev–Trinajstić information content (AvgIpc) is 3.12. The van der Waals surface area contributed by atoms with Crippen LogP contribution < -0.4 is 15.2 Å². The van der Waals surface area contributed by atoms with Crippen LogP contribution in [0.4, 0.5) is 18.0 Å². The van der Waals surface area contributed by atoms with Crippen LogP contribution >= 0.6 is 11.8 Å². The molecule has 0 radical (unpaired) electrons. The van der Waals surface area contributed by atoms with Crippen molar-refractivity contribution in [1.82, 2.24) is 9.58 Å². The molecule has 0 bridgehead atoms. The van der Waals surface area contributed by atoms with E-state index in [-0.39, 0.29) is 0 Å². The Bertz CT molecular complexity index is 1550. The summed E-state index contributed by atoms with van der Waals surface area (Å²) >= 11 is 1.64. The summed E-state index contributed by atoms with van der Waals surface area (Å²) in [5.41, 5.74) is 3.58. The first-order valence-corrected chi connectivity index (χ1v) is 14.0. The number of methoxy groups -OCH3 is 1. The molecule has 0 N–H and O–H groups in total. The quantitative estimate of drug-likeness (QED) is 0.288. The summed E-state index contributed by atoms with van der Waals surface area (Å²) in [6, 6.07) is 9.92. The summed E-state index contributed by atoms with van der Waals surface area (Å²) in [5.74, 6) is -0.964. The van der Waals surface area contributed by atoms with Crippen molar-refractivity contribution in [2.75, 3.05) is 25.6 Å². The summed E-state index contributed by atoms with van der Waals surface area (Å²) in [6.45, 7) is 3.61. The first-order chi connectivity index (χ1) is 19.9. The number of benzene rings is 2. The zero-order valence-electron chi connectivity index (χ0n) is 23.2. The van der Waals surface area contributed by atoms with Gasteiger partial charge in [-0.1, -0.05) is 36.4 Å². The van der Waals surface area contributed by atoms with E-state index in [1.807, 2.05) is 50.2 Å². The number of rotatable bonds is 5. The number of carbonyl (C=O) groups is 2. The maximum Gasteiger partial charge on any atom is 0.510 e. The van der Waals surface area contributed by atoms with Crippen LogP contribution in [0.5, 0.6) is 5.75 Å². The van der Waals surface area contributed by atoms with Crippen LogP contribution in [0, 0.1) is 13.8 Å². The number of hydrogen-bond donors (Lipinski definition) is 0. The van der Waals surface area contributed by atoms with Gasteiger partial charge in [-0.25, -0.2) is 4.79 Å². The predicted octanol–water partition coefficient (Wildman–Crippen LogP) is 5.28. The van der Waals surface area contributed by atoms with Gasteiger partial charge in [0.2, 0.25) is 18.0 Å². The Kier molecular flexibility index (Phi) is 7.88. The number of aryl methyl sites for hydroxylation is 2. The van der Waals surface area contributed by atoms with Crippen molar-refractivity contribution in [2.24, 2.45) is 0 Å². The van der Waals surface area contributed by atoms with Crippen LogP contribution in [0.2, 0.25) is 0 Å². The predicted molar refractivity (Wildman–Crippen MR) is 148 cm³/mol. The number of amides is 1. The average molecular weight is 604 g/mol. The molecule has 2 aliphatic rings. The molecule has 5 rings (SSSR count). The number of halogens is 3. The highest BCUT2D eigenvalue weighted by Gasteiger charge is 2.48. The Morgan fingerprint density at radius 3 is 2.45 bits per heavy atom. The number of thioether (sulfide) groups is 1. The molecule has 0 saturated heterocycles. The van der Waals surface area contributed by atoms with E-state index >= 15 is 0 Å². The van der Waals surface area contributed by atoms with Crippen molar-refractivity contribution in [1.29, 1.82) is 0 Å². The molecule has 3 aromatic rings. The number of hydrogen-bond acceptors (Lipinski definition) is 8. The molecule has 9 nitrogen and oxygen atoms in total. The lowest BCUT2D eigenvalue weighted by atomic mass is 9.91. The third-order valence-corrected chi connectivity index (χ3v) is 8.78. The van der Waals surface area contributed by atoms with Crippen LogP contribution in [0.1, 0.15) is 51.3 Å². The minimum Gasteiger partial charge on any atom is -0.451 e. The topological polar surface area (TPSA) is 90.3 Å². The summed E-state index contributed by atoms with van der Waals surface area (Å²) in [5, 5.41) is 1.63. The second kappa shape index (κ2) is 11.3. The Hall–Kier alpha value is -4.13. The van der Waals surface area contributed by atoms with E-state index in [4.69, 9.17) is 9.47 Å². The Morgan fingerprint density at radius 1 is 1.07 bits per heavy atom. The number of aromatic nitrogens is 1. The van der Waals surface area contributed by atoms with Gasteiger partial charge >= 0.3 is 12.3 Å². The SMILES string of the molecule is COC(=O)OCOc1c2n(ccc1=O)N([C@H]1c3cccc(C)c3CSc3c(C)cccc31)CN([C@H](C)C(F)(F)F)C2=O. The Morgan fingerprint density at radius 2 is 1.76 bits per heavy atom. The normalized spacial score (nSPS) is 17.0. The Balaban J connectivity index is 1.75. The summed E-state index contributed by atoms with van der Waals surface area (Å²) in [6.07, 6.45) is -4.51. The van der Waals surface area contributed by atoms with Crippen LogP contribution in [-0.2, 0) is 15.2 Å². The van der Waals surface area contributed by atoms with Gasteiger partial charge in [0.05, 0.1) is 13.2 Å². The second-order valence-corrected chi connectivity index (χ2v) is 10.9. The number of pyridine rings is 1. The fourth-order valence-electron chi connectivity index (χ4n) is 5.26. The third kappa shape index (κ3) is 5.17. The summed E-state index contributed by atoms with van der Waals surface area (Å²) in [7, 11) is 1.07. The fourth-order valence-corrected chi connectivity index (χ4v) is 6.58. The van der Waals surface area contributed by atoms with E-state index < -0.39 is 60.7 Å². The smallest absolute Gasteiger partial charge is 0.451 e. The van der Waals surface area contributed by atoms with Gasteiger partial charge in [0.1, 0.15) is 12.7 Å². The van der Waals surface area contributed by atoms with Crippen molar-refractivity contribution in [2.45, 2.75) is 49.7 Å². The molecule has 3 heterocycles. The highest BCUT2D eigenvalue weighted by atomic mass is 32.2. The fraction of sp³-hybridized carbons (Fsp3) is 0.345. The highest BCUT2D eigenvalue weighted by molar-refractivity contribution is 7.98. The molecule has 222 valence electrons. The van der Waals surface area contributed by atoms with Gasteiger partial charge in [-0.3, -0.25) is 19.3 Å². The molecule has 1 aromatic heterocycles. The lowest BCUT2D eigenvalue weighted by Crippen LogP contribution is -2.60.